The number of aliphatic hydroxyl groups excluding tert-OH is 1. The van der Waals surface area contributed by atoms with Crippen molar-refractivity contribution < 1.29 is 31.0 Å². The molecule has 1 N–H and O–H groups in total. The minimum Gasteiger partial charge on any atom is -0.392 e. The number of aliphatic hydroxyl groups is 1. The zero-order valence-electron chi connectivity index (χ0n) is 13.7. The molecule has 0 fully saturated rings. The molecule has 0 aromatic heterocycles. The maximum Gasteiger partial charge on any atom is 0.219 e. The molecular weight excluding hydrogens is 446 g/mol. The van der Waals surface area contributed by atoms with Gasteiger partial charge >= 0.3 is 0 Å². The molecule has 0 saturated carbocycles. The van der Waals surface area contributed by atoms with Crippen LogP contribution in [0.4, 0.5) is 0 Å². The first-order valence-electron chi connectivity index (χ1n) is 7.11. The second kappa shape index (κ2) is 10.5. The number of fused-ring (bicyclic) bond motifs is 1. The average molecular weight is 470 g/mol. The molecule has 0 aliphatic heterocycles. The van der Waals surface area contributed by atoms with Gasteiger partial charge in [0.05, 0.1) is 6.61 Å². The summed E-state index contributed by atoms with van der Waals surface area (Å²) in [5.74, 6) is 0.0356. The summed E-state index contributed by atoms with van der Waals surface area (Å²) < 4.78 is 0. The van der Waals surface area contributed by atoms with Crippen LogP contribution < -0.4 is 0 Å². The molecule has 2 aromatic rings. The summed E-state index contributed by atoms with van der Waals surface area (Å²) in [5, 5.41) is 11.6. The fourth-order valence-electron chi connectivity index (χ4n) is 2.13. The number of hydrogen-bond acceptors (Lipinski definition) is 2. The van der Waals surface area contributed by atoms with Crippen molar-refractivity contribution in [2.24, 2.45) is 0 Å². The second-order valence-corrected chi connectivity index (χ2v) is 5.04. The molecule has 2 aromatic carbocycles. The number of nitrogens with zero attached hydrogens (tertiary/aromatic N) is 1. The van der Waals surface area contributed by atoms with Gasteiger partial charge in [-0.15, -0.1) is 0 Å². The summed E-state index contributed by atoms with van der Waals surface area (Å²) in [5.41, 5.74) is 1.97. The third-order valence-corrected chi connectivity index (χ3v) is 3.19. The Labute approximate surface area is 147 Å². The Bertz CT molecular complexity index is 593. The van der Waals surface area contributed by atoms with E-state index in [4.69, 9.17) is 0 Å². The van der Waals surface area contributed by atoms with Crippen molar-refractivity contribution in [1.29, 1.82) is 0 Å². The van der Waals surface area contributed by atoms with Crippen LogP contribution in [0.25, 0.3) is 10.8 Å². The molecule has 2 rings (SSSR count). The van der Waals surface area contributed by atoms with Gasteiger partial charge in [0.15, 0.2) is 0 Å². The van der Waals surface area contributed by atoms with E-state index >= 15 is 0 Å². The normalized spacial score (nSPS) is 9.50. The van der Waals surface area contributed by atoms with Crippen molar-refractivity contribution in [3.05, 3.63) is 53.9 Å². The van der Waals surface area contributed by atoms with Gasteiger partial charge in [-0.3, -0.25) is 4.79 Å². The molecule has 0 radical (unpaired) electrons. The molecule has 4 heteroatoms. The van der Waals surface area contributed by atoms with Crippen LogP contribution in [0.15, 0.2) is 36.4 Å². The van der Waals surface area contributed by atoms with Gasteiger partial charge in [-0.2, -0.15) is 13.8 Å². The predicted octanol–water partition coefficient (Wildman–Crippen LogP) is 3.54. The van der Waals surface area contributed by atoms with Gasteiger partial charge in [-0.25, -0.2) is 0 Å². The molecule has 0 aliphatic carbocycles. The largest absolute Gasteiger partial charge is 0.392 e. The number of hydrogen-bond donors (Lipinski definition) is 1. The third kappa shape index (κ3) is 5.55. The first-order valence-corrected chi connectivity index (χ1v) is 7.11. The number of benzene rings is 2. The van der Waals surface area contributed by atoms with Crippen LogP contribution in [-0.4, -0.2) is 23.0 Å². The fourth-order valence-corrected chi connectivity index (χ4v) is 2.13. The second-order valence-electron chi connectivity index (χ2n) is 5.04. The third-order valence-electron chi connectivity index (χ3n) is 3.19. The van der Waals surface area contributed by atoms with Gasteiger partial charge < -0.3 is 16.4 Å². The number of amides is 1. The van der Waals surface area contributed by atoms with E-state index in [0.29, 0.717) is 6.54 Å². The van der Waals surface area contributed by atoms with Crippen LogP contribution in [0.2, 0.25) is 0 Å². The molecule has 1 amide bonds. The van der Waals surface area contributed by atoms with E-state index in [2.05, 4.69) is 0 Å². The van der Waals surface area contributed by atoms with Gasteiger partial charge in [0.2, 0.25) is 5.91 Å². The monoisotopic (exact) mass is 470 g/mol. The van der Waals surface area contributed by atoms with Crippen LogP contribution in [0, 0.1) is 6.42 Å². The predicted molar refractivity (Wildman–Crippen MR) is 87.7 cm³/mol. The Hall–Kier alpha value is -1.18. The summed E-state index contributed by atoms with van der Waals surface area (Å²) in [7, 11) is 1.78. The Morgan fingerprint density at radius 2 is 1.64 bits per heavy atom. The van der Waals surface area contributed by atoms with Crippen LogP contribution >= 0.6 is 0 Å². The van der Waals surface area contributed by atoms with Gasteiger partial charge in [0.25, 0.3) is 0 Å². The maximum atomic E-state index is 11.3. The topological polar surface area (TPSA) is 40.5 Å². The minimum absolute atomic E-state index is 0. The minimum atomic E-state index is 0. The van der Waals surface area contributed by atoms with Crippen molar-refractivity contribution in [3.63, 3.8) is 0 Å². The summed E-state index contributed by atoms with van der Waals surface area (Å²) in [6, 6.07) is 11.9. The van der Waals surface area contributed by atoms with Crippen LogP contribution in [0.1, 0.15) is 31.9 Å². The number of rotatable bonds is 3. The van der Waals surface area contributed by atoms with Gasteiger partial charge in [-0.05, 0) is 21.9 Å². The molecule has 3 nitrogen and oxygen atoms in total. The zero-order valence-corrected chi connectivity index (χ0v) is 16.6. The SMILES string of the molecule is CC(=O)N(C)Cc1cccc2cccc(CO)c12.C[CH-]C.[W]. The number of carbonyl (C=O) groups excluding carboxylic acids is 1. The van der Waals surface area contributed by atoms with E-state index in [1.807, 2.05) is 56.7 Å². The van der Waals surface area contributed by atoms with Gasteiger partial charge in [0.1, 0.15) is 0 Å². The van der Waals surface area contributed by atoms with Crippen molar-refractivity contribution in [2.45, 2.75) is 33.9 Å². The Morgan fingerprint density at radius 1 is 1.14 bits per heavy atom. The van der Waals surface area contributed by atoms with Gasteiger partial charge in [0, 0.05) is 41.6 Å². The van der Waals surface area contributed by atoms with Gasteiger partial charge in [-0.1, -0.05) is 36.4 Å². The first-order chi connectivity index (χ1) is 10.0. The summed E-state index contributed by atoms with van der Waals surface area (Å²) in [4.78, 5) is 13.0. The van der Waals surface area contributed by atoms with Crippen LogP contribution in [0.5, 0.6) is 0 Å². The van der Waals surface area contributed by atoms with E-state index in [-0.39, 0.29) is 33.6 Å². The zero-order chi connectivity index (χ0) is 15.8. The number of carbonyl (C=O) groups is 1. The first kappa shape index (κ1) is 20.8. The molecule has 0 saturated heterocycles. The molecule has 0 aliphatic rings. The Morgan fingerprint density at radius 3 is 2.09 bits per heavy atom. The van der Waals surface area contributed by atoms with E-state index in [0.717, 1.165) is 21.9 Å². The Kier molecular flexibility index (Phi) is 9.96. The van der Waals surface area contributed by atoms with E-state index in [9.17, 15) is 9.90 Å². The van der Waals surface area contributed by atoms with Crippen LogP contribution in [-0.2, 0) is 39.0 Å². The molecule has 120 valence electrons. The summed E-state index contributed by atoms with van der Waals surface area (Å²) in [6.45, 7) is 6.12. The quantitative estimate of drug-likeness (QED) is 0.698. The van der Waals surface area contributed by atoms with E-state index < -0.39 is 0 Å². The molecule has 0 spiro atoms. The smallest absolute Gasteiger partial charge is 0.219 e. The standard InChI is InChI=1S/C15H17NO2.C3H7.W/c1-11(18)16(2)9-13-7-3-5-12-6-4-8-14(10-17)15(12)13;1-3-2;/h3-8,17H,9-10H2,1-2H3;3H,1-2H3;/q;-1;. The summed E-state index contributed by atoms with van der Waals surface area (Å²) >= 11 is 0. The van der Waals surface area contributed by atoms with Crippen molar-refractivity contribution in [2.75, 3.05) is 7.05 Å². The van der Waals surface area contributed by atoms with Crippen molar-refractivity contribution in [3.8, 4) is 0 Å². The molecular formula is C18H24NO2W-. The van der Waals surface area contributed by atoms with Crippen molar-refractivity contribution in [1.82, 2.24) is 4.90 Å². The molecule has 0 atom stereocenters. The van der Waals surface area contributed by atoms with E-state index in [1.54, 1.807) is 18.9 Å². The molecule has 0 unspecified atom stereocenters. The molecule has 22 heavy (non-hydrogen) atoms. The fraction of sp³-hybridized carbons (Fsp3) is 0.333. The molecule has 0 bridgehead atoms. The average Bonchev–Trinajstić information content (AvgIpc) is 2.47. The molecule has 0 heterocycles. The van der Waals surface area contributed by atoms with E-state index in [1.165, 1.54) is 0 Å². The Balaban J connectivity index is 0.00000102. The maximum absolute atomic E-state index is 11.3. The summed E-state index contributed by atoms with van der Waals surface area (Å²) in [6.07, 6.45) is 2.00. The van der Waals surface area contributed by atoms with Crippen LogP contribution in [0.3, 0.4) is 0 Å². The van der Waals surface area contributed by atoms with Crippen molar-refractivity contribution >= 4 is 16.7 Å².